The van der Waals surface area contributed by atoms with Gasteiger partial charge < -0.3 is 15.6 Å². The minimum atomic E-state index is 0.0711. The molecule has 19 heavy (non-hydrogen) atoms. The zero-order valence-corrected chi connectivity index (χ0v) is 12.0. The van der Waals surface area contributed by atoms with Crippen molar-refractivity contribution in [1.82, 2.24) is 5.16 Å². The molecule has 0 spiro atoms. The van der Waals surface area contributed by atoms with Gasteiger partial charge in [0.1, 0.15) is 10.7 Å². The first-order chi connectivity index (χ1) is 9.00. The monoisotopic (exact) mass is 275 g/mol. The van der Waals surface area contributed by atoms with Gasteiger partial charge in [0, 0.05) is 16.8 Å². The summed E-state index contributed by atoms with van der Waals surface area (Å²) in [5, 5.41) is 7.38. The van der Waals surface area contributed by atoms with Crippen LogP contribution in [0.15, 0.2) is 28.8 Å². The molecule has 1 unspecified atom stereocenters. The third-order valence-corrected chi connectivity index (χ3v) is 3.31. The van der Waals surface area contributed by atoms with Crippen molar-refractivity contribution >= 4 is 22.9 Å². The minimum absolute atomic E-state index is 0.0711. The fourth-order valence-electron chi connectivity index (χ4n) is 2.24. The van der Waals surface area contributed by atoms with Crippen LogP contribution in [0.5, 0.6) is 0 Å². The molecule has 2 rings (SSSR count). The summed E-state index contributed by atoms with van der Waals surface area (Å²) in [7, 11) is 0. The van der Waals surface area contributed by atoms with Crippen LogP contribution in [0.3, 0.4) is 0 Å². The first kappa shape index (κ1) is 13.5. The lowest BCUT2D eigenvalue weighted by Gasteiger charge is -2.17. The highest BCUT2D eigenvalue weighted by atomic mass is 32.1. The van der Waals surface area contributed by atoms with Crippen LogP contribution in [0, 0.1) is 13.8 Å². The molecule has 3 N–H and O–H groups in total. The molecule has 0 saturated carbocycles. The lowest BCUT2D eigenvalue weighted by atomic mass is 10.1. The number of hydrogen-bond acceptors (Lipinski definition) is 4. The Hall–Kier alpha value is -1.88. The van der Waals surface area contributed by atoms with E-state index in [1.807, 2.05) is 38.1 Å². The molecule has 0 aliphatic heterocycles. The van der Waals surface area contributed by atoms with Gasteiger partial charge in [0.15, 0.2) is 0 Å². The second kappa shape index (κ2) is 5.40. The van der Waals surface area contributed by atoms with Gasteiger partial charge in [-0.05, 0) is 32.9 Å². The molecule has 100 valence electrons. The van der Waals surface area contributed by atoms with E-state index in [4.69, 9.17) is 22.5 Å². The summed E-state index contributed by atoms with van der Waals surface area (Å²) in [5.41, 5.74) is 9.45. The maximum atomic E-state index is 5.73. The van der Waals surface area contributed by atoms with E-state index in [1.165, 1.54) is 0 Å². The summed E-state index contributed by atoms with van der Waals surface area (Å²) in [6.45, 7) is 5.90. The molecule has 2 aromatic rings. The fourth-order valence-corrected chi connectivity index (χ4v) is 2.42. The van der Waals surface area contributed by atoms with Crippen molar-refractivity contribution in [3.63, 3.8) is 0 Å². The molecule has 0 saturated heterocycles. The highest BCUT2D eigenvalue weighted by Crippen LogP contribution is 2.26. The van der Waals surface area contributed by atoms with Crippen molar-refractivity contribution in [2.24, 2.45) is 5.73 Å². The van der Waals surface area contributed by atoms with Crippen molar-refractivity contribution < 1.29 is 4.52 Å². The number of nitrogens with zero attached hydrogens (tertiary/aromatic N) is 1. The Morgan fingerprint density at radius 3 is 2.63 bits per heavy atom. The van der Waals surface area contributed by atoms with Gasteiger partial charge in [-0.2, -0.15) is 0 Å². The summed E-state index contributed by atoms with van der Waals surface area (Å²) < 4.78 is 5.19. The average molecular weight is 275 g/mol. The summed E-state index contributed by atoms with van der Waals surface area (Å²) in [6, 6.07) is 7.81. The van der Waals surface area contributed by atoms with Gasteiger partial charge in [-0.25, -0.2) is 0 Å². The largest absolute Gasteiger partial charge is 0.389 e. The van der Waals surface area contributed by atoms with E-state index < -0.39 is 0 Å². The van der Waals surface area contributed by atoms with Crippen molar-refractivity contribution in [1.29, 1.82) is 0 Å². The van der Waals surface area contributed by atoms with Crippen LogP contribution in [-0.4, -0.2) is 10.1 Å². The van der Waals surface area contributed by atoms with Gasteiger partial charge in [-0.1, -0.05) is 29.5 Å². The Kier molecular flexibility index (Phi) is 3.85. The smallest absolute Gasteiger partial charge is 0.139 e. The molecule has 0 radical (unpaired) electrons. The summed E-state index contributed by atoms with van der Waals surface area (Å²) >= 11 is 5.06. The van der Waals surface area contributed by atoms with E-state index >= 15 is 0 Å². The van der Waals surface area contributed by atoms with E-state index in [9.17, 15) is 0 Å². The molecule has 0 fully saturated rings. The SMILES string of the molecule is Cc1noc(C)c1C(C)Nc1ccccc1C(N)=S. The predicted octanol–water partition coefficient (Wildman–Crippen LogP) is 3.10. The number of anilines is 1. The first-order valence-corrected chi connectivity index (χ1v) is 6.49. The molecule has 0 aliphatic rings. The van der Waals surface area contributed by atoms with E-state index in [0.29, 0.717) is 4.99 Å². The number of para-hydroxylation sites is 1. The van der Waals surface area contributed by atoms with E-state index in [-0.39, 0.29) is 6.04 Å². The Balaban J connectivity index is 2.29. The number of rotatable bonds is 4. The average Bonchev–Trinajstić information content (AvgIpc) is 2.69. The van der Waals surface area contributed by atoms with Gasteiger partial charge >= 0.3 is 0 Å². The van der Waals surface area contributed by atoms with Crippen LogP contribution in [0.25, 0.3) is 0 Å². The van der Waals surface area contributed by atoms with E-state index in [0.717, 1.165) is 28.3 Å². The van der Waals surface area contributed by atoms with Crippen LogP contribution in [-0.2, 0) is 0 Å². The Labute approximate surface area is 118 Å². The fraction of sp³-hybridized carbons (Fsp3) is 0.286. The van der Waals surface area contributed by atoms with Gasteiger partial charge in [0.05, 0.1) is 11.7 Å². The number of benzene rings is 1. The normalized spacial score (nSPS) is 12.2. The third-order valence-electron chi connectivity index (χ3n) is 3.09. The molecule has 0 aliphatic carbocycles. The number of hydrogen-bond donors (Lipinski definition) is 2. The van der Waals surface area contributed by atoms with E-state index in [1.54, 1.807) is 0 Å². The van der Waals surface area contributed by atoms with Crippen LogP contribution in [0.4, 0.5) is 5.69 Å². The Morgan fingerprint density at radius 1 is 1.37 bits per heavy atom. The summed E-state index contributed by atoms with van der Waals surface area (Å²) in [4.78, 5) is 0.383. The van der Waals surface area contributed by atoms with Crippen LogP contribution in [0.1, 0.15) is 35.5 Å². The summed E-state index contributed by atoms with van der Waals surface area (Å²) in [5.74, 6) is 0.824. The lowest BCUT2D eigenvalue weighted by Crippen LogP contribution is -2.15. The zero-order chi connectivity index (χ0) is 14.0. The number of nitrogens with two attached hydrogens (primary N) is 1. The molecule has 5 heteroatoms. The zero-order valence-electron chi connectivity index (χ0n) is 11.2. The second-order valence-electron chi connectivity index (χ2n) is 4.51. The van der Waals surface area contributed by atoms with Crippen molar-refractivity contribution in [3.05, 3.63) is 46.8 Å². The molecule has 1 heterocycles. The summed E-state index contributed by atoms with van der Waals surface area (Å²) in [6.07, 6.45) is 0. The van der Waals surface area contributed by atoms with E-state index in [2.05, 4.69) is 17.4 Å². The standard InChI is InChI=1S/C14H17N3OS/c1-8(13-9(2)17-18-10(13)3)16-12-7-5-4-6-11(12)14(15)19/h4-8,16H,1-3H3,(H2,15,19). The molecule has 0 amide bonds. The molecular weight excluding hydrogens is 258 g/mol. The Morgan fingerprint density at radius 2 is 2.05 bits per heavy atom. The van der Waals surface area contributed by atoms with Crippen molar-refractivity contribution in [2.75, 3.05) is 5.32 Å². The molecule has 1 aromatic carbocycles. The van der Waals surface area contributed by atoms with Crippen LogP contribution in [0.2, 0.25) is 0 Å². The lowest BCUT2D eigenvalue weighted by molar-refractivity contribution is 0.392. The number of nitrogens with one attached hydrogen (secondary N) is 1. The molecule has 4 nitrogen and oxygen atoms in total. The molecule has 1 aromatic heterocycles. The number of thiocarbonyl (C=S) groups is 1. The maximum Gasteiger partial charge on any atom is 0.139 e. The van der Waals surface area contributed by atoms with Gasteiger partial charge in [-0.15, -0.1) is 0 Å². The third kappa shape index (κ3) is 2.76. The quantitative estimate of drug-likeness (QED) is 0.839. The predicted molar refractivity (Wildman–Crippen MR) is 80.3 cm³/mol. The van der Waals surface area contributed by atoms with Gasteiger partial charge in [0.2, 0.25) is 0 Å². The highest BCUT2D eigenvalue weighted by molar-refractivity contribution is 7.80. The van der Waals surface area contributed by atoms with Crippen molar-refractivity contribution in [3.8, 4) is 0 Å². The highest BCUT2D eigenvalue weighted by Gasteiger charge is 2.17. The second-order valence-corrected chi connectivity index (χ2v) is 4.95. The van der Waals surface area contributed by atoms with Crippen LogP contribution < -0.4 is 11.1 Å². The first-order valence-electron chi connectivity index (χ1n) is 6.09. The Bertz CT molecular complexity index is 587. The van der Waals surface area contributed by atoms with Crippen LogP contribution >= 0.6 is 12.2 Å². The number of aryl methyl sites for hydroxylation is 2. The van der Waals surface area contributed by atoms with Gasteiger partial charge in [-0.3, -0.25) is 0 Å². The molecule has 0 bridgehead atoms. The minimum Gasteiger partial charge on any atom is -0.389 e. The number of aromatic nitrogens is 1. The molecule has 1 atom stereocenters. The van der Waals surface area contributed by atoms with Crippen molar-refractivity contribution in [2.45, 2.75) is 26.8 Å². The maximum absolute atomic E-state index is 5.73. The van der Waals surface area contributed by atoms with Gasteiger partial charge in [0.25, 0.3) is 0 Å². The molecular formula is C14H17N3OS. The topological polar surface area (TPSA) is 64.1 Å².